The van der Waals surface area contributed by atoms with Crippen LogP contribution in [0.15, 0.2) is 400 Å². The summed E-state index contributed by atoms with van der Waals surface area (Å²) in [5, 5.41) is 11.8. The molecule has 730 valence electrons. The van der Waals surface area contributed by atoms with E-state index in [4.69, 9.17) is 53.1 Å². The number of phenolic OH excluding ortho intramolecular Hbond substituents is 1. The molecular formula is C118H105BrN4O21. The van der Waals surface area contributed by atoms with Gasteiger partial charge in [0.1, 0.15) is 76.5 Å². The number of nitrogens with zero attached hydrogens (tertiary/aromatic N) is 3. The minimum Gasteiger partial charge on any atom is -0.507 e. The fraction of sp³-hybridized carbons (Fsp3) is 0.153. The van der Waals surface area contributed by atoms with Gasteiger partial charge in [-0.05, 0) is 131 Å². The molecule has 0 aliphatic carbocycles. The summed E-state index contributed by atoms with van der Waals surface area (Å²) < 4.78 is 60.5. The molecule has 0 atom stereocenters. The highest BCUT2D eigenvalue weighted by atomic mass is 79.9. The summed E-state index contributed by atoms with van der Waals surface area (Å²) in [4.78, 5) is 124. The number of fused-ring (bicyclic) bond motifs is 3. The second-order valence-corrected chi connectivity index (χ2v) is 33.8. The van der Waals surface area contributed by atoms with Crippen LogP contribution >= 0.6 is 15.9 Å². The molecule has 0 aliphatic rings. The van der Waals surface area contributed by atoms with Gasteiger partial charge in [0.15, 0.2) is 0 Å². The highest BCUT2D eigenvalue weighted by molar-refractivity contribution is 9.10. The Balaban J connectivity index is 0.000000158. The van der Waals surface area contributed by atoms with E-state index in [-0.39, 0.29) is 76.0 Å². The first-order valence-electron chi connectivity index (χ1n) is 46.1. The molecular weight excluding hydrogens is 1890 g/mol. The Morgan fingerprint density at radius 1 is 0.285 bits per heavy atom. The summed E-state index contributed by atoms with van der Waals surface area (Å²) in [5.74, 6) is -7.39. The Morgan fingerprint density at radius 2 is 0.535 bits per heavy atom. The van der Waals surface area contributed by atoms with Crippen molar-refractivity contribution in [3.63, 3.8) is 0 Å². The zero-order chi connectivity index (χ0) is 101. The first kappa shape index (κ1) is 104. The second-order valence-electron chi connectivity index (χ2n) is 32.9. The van der Waals surface area contributed by atoms with E-state index in [9.17, 15) is 53.1 Å². The monoisotopic (exact) mass is 1990 g/mol. The van der Waals surface area contributed by atoms with Gasteiger partial charge in [0.2, 0.25) is 4.83 Å². The van der Waals surface area contributed by atoms with Crippen LogP contribution < -0.4 is 15.2 Å². The van der Waals surface area contributed by atoms with E-state index in [0.717, 1.165) is 84.2 Å². The van der Waals surface area contributed by atoms with Crippen molar-refractivity contribution in [1.82, 2.24) is 13.7 Å². The lowest BCUT2D eigenvalue weighted by atomic mass is 10.1. The molecule has 17 rings (SSSR count). The lowest BCUT2D eigenvalue weighted by Gasteiger charge is -2.18. The lowest BCUT2D eigenvalue weighted by molar-refractivity contribution is -0.169. The molecule has 3 N–H and O–H groups in total. The highest BCUT2D eigenvalue weighted by Crippen LogP contribution is 2.37. The van der Waals surface area contributed by atoms with E-state index < -0.39 is 76.5 Å². The third-order valence-electron chi connectivity index (χ3n) is 22.4. The summed E-state index contributed by atoms with van der Waals surface area (Å²) in [6.07, 6.45) is -3.79. The van der Waals surface area contributed by atoms with Crippen LogP contribution in [0.5, 0.6) is 17.2 Å². The number of ether oxygens (including phenoxy) is 10. The SMILES string of the molecule is Cc1c(C(=O)C(N)=O)c2c(OC(C(=O)OCc3ccccc3)C(=O)OCc3ccccc3)cccc2n1Cc1ccccc1.Cc1cc2c(O)cccc2n1Cc1ccccc1.Cc1cc2c(OC(C(=O)OCc3ccccc3)C(=O)OCc3ccccc3)cccc2n1Cc1ccccc1.O=C(CC(=O)OCc1ccccc1)OCc1ccccc1.O=C(OCc1ccccc1)C(Br)C(=O)OCc1ccccc1. The lowest BCUT2D eigenvalue weighted by Crippen LogP contribution is -2.38. The topological polar surface area (TPSA) is 324 Å². The zero-order valence-electron chi connectivity index (χ0n) is 79.2. The van der Waals surface area contributed by atoms with Gasteiger partial charge in [0, 0.05) is 47.5 Å². The van der Waals surface area contributed by atoms with Gasteiger partial charge >= 0.3 is 47.8 Å². The number of hydrogen-bond acceptors (Lipinski definition) is 21. The summed E-state index contributed by atoms with van der Waals surface area (Å²) in [7, 11) is 0. The third kappa shape index (κ3) is 30.7. The van der Waals surface area contributed by atoms with E-state index in [1.807, 2.05) is 309 Å². The number of aromatic nitrogens is 3. The van der Waals surface area contributed by atoms with E-state index in [1.54, 1.807) is 79.7 Å². The molecule has 0 fully saturated rings. The molecule has 0 radical (unpaired) electrons. The molecule has 25 nitrogen and oxygen atoms in total. The first-order valence-corrected chi connectivity index (χ1v) is 47.0. The first-order chi connectivity index (χ1) is 70.1. The number of hydrogen-bond donors (Lipinski definition) is 2. The van der Waals surface area contributed by atoms with Crippen molar-refractivity contribution in [2.75, 3.05) is 0 Å². The van der Waals surface area contributed by atoms with Crippen molar-refractivity contribution in [2.24, 2.45) is 5.73 Å². The van der Waals surface area contributed by atoms with Gasteiger partial charge in [0.05, 0.1) is 27.5 Å². The molecule has 3 heterocycles. The van der Waals surface area contributed by atoms with E-state index in [0.29, 0.717) is 46.9 Å². The molecule has 144 heavy (non-hydrogen) atoms. The minimum atomic E-state index is -1.83. The van der Waals surface area contributed by atoms with Gasteiger partial charge in [-0.1, -0.05) is 368 Å². The van der Waals surface area contributed by atoms with Crippen LogP contribution in [0.4, 0.5) is 0 Å². The Bertz CT molecular complexity index is 6890. The van der Waals surface area contributed by atoms with Crippen LogP contribution in [0.3, 0.4) is 0 Å². The number of nitrogens with two attached hydrogens (primary N) is 1. The predicted octanol–water partition coefficient (Wildman–Crippen LogP) is 20.9. The van der Waals surface area contributed by atoms with Crippen LogP contribution in [0.25, 0.3) is 32.7 Å². The van der Waals surface area contributed by atoms with E-state index in [1.165, 1.54) is 11.6 Å². The molecule has 0 saturated carbocycles. The molecule has 0 aliphatic heterocycles. The van der Waals surface area contributed by atoms with E-state index in [2.05, 4.69) is 56.3 Å². The molecule has 0 saturated heterocycles. The number of aryl methyl sites for hydroxylation is 2. The van der Waals surface area contributed by atoms with Gasteiger partial charge in [-0.2, -0.15) is 0 Å². The van der Waals surface area contributed by atoms with Crippen LogP contribution in [0, 0.1) is 20.8 Å². The summed E-state index contributed by atoms with van der Waals surface area (Å²) in [5.41, 5.74) is 20.6. The Kier molecular flexibility index (Phi) is 38.6. The largest absolute Gasteiger partial charge is 0.507 e. The molecule has 26 heteroatoms. The van der Waals surface area contributed by atoms with Crippen molar-refractivity contribution in [3.05, 3.63) is 484 Å². The third-order valence-corrected chi connectivity index (χ3v) is 23.2. The smallest absolute Gasteiger partial charge is 0.359 e. The van der Waals surface area contributed by atoms with Crippen molar-refractivity contribution >= 4 is 108 Å². The number of aromatic hydroxyl groups is 1. The number of carbonyl (C=O) groups is 10. The van der Waals surface area contributed by atoms with Gasteiger partial charge in [-0.25, -0.2) is 19.2 Å². The molecule has 0 spiro atoms. The number of phenols is 1. The number of amides is 1. The van der Waals surface area contributed by atoms with E-state index >= 15 is 0 Å². The number of esters is 8. The molecule has 0 unspecified atom stereocenters. The number of ketones is 1. The van der Waals surface area contributed by atoms with Crippen LogP contribution in [-0.4, -0.2) is 95.3 Å². The minimum absolute atomic E-state index is 0.0142. The number of rotatable bonds is 36. The predicted molar refractivity (Wildman–Crippen MR) is 548 cm³/mol. The normalized spacial score (nSPS) is 10.7. The van der Waals surface area contributed by atoms with Crippen molar-refractivity contribution in [1.29, 1.82) is 0 Å². The second kappa shape index (κ2) is 53.6. The maximum Gasteiger partial charge on any atom is 0.359 e. The molecule has 1 amide bonds. The maximum atomic E-state index is 13.4. The summed E-state index contributed by atoms with van der Waals surface area (Å²) in [6, 6.07) is 124. The highest BCUT2D eigenvalue weighted by Gasteiger charge is 2.37. The van der Waals surface area contributed by atoms with Crippen LogP contribution in [0.2, 0.25) is 0 Å². The number of halogens is 1. The Labute approximate surface area is 840 Å². The maximum absolute atomic E-state index is 13.4. The zero-order valence-corrected chi connectivity index (χ0v) is 80.8. The number of Topliss-reactive ketones (excluding diaryl/α,β-unsaturated/α-hetero) is 1. The Morgan fingerprint density at radius 3 is 0.847 bits per heavy atom. The number of primary amides is 1. The standard InChI is InChI=1S/C35H30N2O7.C33H29NO5.C17H15BrO4.C17H16O4.C16H15NO/c1-23-29(31(38)33(36)39)30-27(37(23)20-24-12-5-2-6-13-24)18-11-19-28(30)44-32(34(40)42-21-25-14-7-3-8-15-25)35(41)43-22-26-16-9-4-10-17-26;1-24-20-28-29(34(24)21-25-12-5-2-6-13-25)18-11-19-30(28)39-31(32(35)37-22-26-14-7-3-8-15-26)33(36)38-23-27-16-9-4-10-17-27;18-15(16(19)21-11-13-7-3-1-4-8-13)17(20)22-12-14-9-5-2-6-10-14;18-16(20-12-14-7-3-1-4-8-14)11-17(19)21-13-15-9-5-2-6-10-15;1-12-10-14-15(8-5-9-16(14)18)17(12)11-13-6-3-2-4-7-13/h2-19,32H,20-22H2,1H3,(H2,36,39);2-20,31H,21-23H2,1H3;1-10,15H,11-12H2;1-10H,11-13H2;2-10,18H,11H2,1H3. The molecule has 14 aromatic carbocycles. The number of benzene rings is 14. The number of alkyl halides is 1. The fourth-order valence-electron chi connectivity index (χ4n) is 15.1. The van der Waals surface area contributed by atoms with Gasteiger partial charge in [-0.3, -0.25) is 28.8 Å². The average Bonchev–Trinajstić information content (AvgIpc) is 1.60. The van der Waals surface area contributed by atoms with Crippen LogP contribution in [0.1, 0.15) is 95.1 Å². The molecule has 0 bridgehead atoms. The van der Waals surface area contributed by atoms with Gasteiger partial charge < -0.3 is 71.9 Å². The summed E-state index contributed by atoms with van der Waals surface area (Å²) >= 11 is 3.01. The van der Waals surface area contributed by atoms with Gasteiger partial charge in [-0.15, -0.1) is 0 Å². The van der Waals surface area contributed by atoms with Crippen molar-refractivity contribution in [3.8, 4) is 17.2 Å². The fourth-order valence-corrected chi connectivity index (χ4v) is 15.3. The average molecular weight is 2000 g/mol. The van der Waals surface area contributed by atoms with Gasteiger partial charge in [0.25, 0.3) is 23.9 Å². The van der Waals surface area contributed by atoms with Crippen molar-refractivity contribution in [2.45, 2.75) is 117 Å². The number of carbonyl (C=O) groups excluding carboxylic acids is 10. The molecule has 17 aromatic rings. The summed E-state index contributed by atoms with van der Waals surface area (Å²) in [6.45, 7) is 8.06. The van der Waals surface area contributed by atoms with Crippen molar-refractivity contribution < 1.29 is 100 Å². The molecule has 3 aromatic heterocycles. The Hall–Kier alpha value is -17.5. The van der Waals surface area contributed by atoms with Crippen LogP contribution in [-0.2, 0) is 154 Å². The quantitative estimate of drug-likeness (QED) is 0.00920.